The second kappa shape index (κ2) is 6.62. The molecule has 1 saturated carbocycles. The summed E-state index contributed by atoms with van der Waals surface area (Å²) in [5.74, 6) is 3.52. The zero-order valence-corrected chi connectivity index (χ0v) is 14.9. The van der Waals surface area contributed by atoms with Gasteiger partial charge in [-0.2, -0.15) is 4.98 Å². The van der Waals surface area contributed by atoms with E-state index in [1.54, 1.807) is 0 Å². The van der Waals surface area contributed by atoms with Crippen molar-refractivity contribution in [1.82, 2.24) is 10.1 Å². The van der Waals surface area contributed by atoms with Gasteiger partial charge in [0.2, 0.25) is 5.89 Å². The predicted octanol–water partition coefficient (Wildman–Crippen LogP) is 4.52. The van der Waals surface area contributed by atoms with Crippen molar-refractivity contribution in [3.63, 3.8) is 0 Å². The molecular formula is C20H25N3O2. The molecule has 1 aliphatic carbocycles. The average molecular weight is 339 g/mol. The molecule has 0 radical (unpaired) electrons. The van der Waals surface area contributed by atoms with Gasteiger partial charge in [0.1, 0.15) is 6.29 Å². The van der Waals surface area contributed by atoms with Crippen LogP contribution in [0.25, 0.3) is 0 Å². The zero-order valence-electron chi connectivity index (χ0n) is 14.9. The number of nitrogens with one attached hydrogen (secondary N) is 1. The molecule has 4 rings (SSSR count). The Hall–Kier alpha value is -2.17. The number of hydrogen-bond donors (Lipinski definition) is 1. The molecule has 5 heteroatoms. The lowest BCUT2D eigenvalue weighted by Crippen LogP contribution is -2.18. The van der Waals surface area contributed by atoms with Crippen LogP contribution in [0.2, 0.25) is 0 Å². The van der Waals surface area contributed by atoms with Gasteiger partial charge in [0.25, 0.3) is 0 Å². The van der Waals surface area contributed by atoms with Gasteiger partial charge in [-0.15, -0.1) is 0 Å². The summed E-state index contributed by atoms with van der Waals surface area (Å²) in [5.41, 5.74) is 2.90. The van der Waals surface area contributed by atoms with Crippen LogP contribution < -0.4 is 5.32 Å². The maximum absolute atomic E-state index is 10.9. The molecule has 2 heterocycles. The van der Waals surface area contributed by atoms with Crippen LogP contribution in [0.15, 0.2) is 22.7 Å². The lowest BCUT2D eigenvalue weighted by atomic mass is 9.77. The monoisotopic (exact) mass is 339 g/mol. The Morgan fingerprint density at radius 1 is 1.24 bits per heavy atom. The van der Waals surface area contributed by atoms with Gasteiger partial charge in [0, 0.05) is 23.6 Å². The minimum Gasteiger partial charge on any atom is -0.374 e. The maximum atomic E-state index is 10.9. The van der Waals surface area contributed by atoms with E-state index in [4.69, 9.17) is 9.51 Å². The van der Waals surface area contributed by atoms with Crippen molar-refractivity contribution >= 4 is 12.0 Å². The first-order valence-corrected chi connectivity index (χ1v) is 9.32. The number of carbonyl (C=O) groups excluding carboxylic acids is 1. The number of aromatic nitrogens is 2. The van der Waals surface area contributed by atoms with Crippen molar-refractivity contribution in [2.24, 2.45) is 11.8 Å². The highest BCUT2D eigenvalue weighted by atomic mass is 16.5. The number of fused-ring (bicyclic) bond motifs is 1. The first kappa shape index (κ1) is 16.3. The number of nitrogens with zero attached hydrogens (tertiary/aromatic N) is 2. The van der Waals surface area contributed by atoms with E-state index >= 15 is 0 Å². The Balaban J connectivity index is 1.43. The number of anilines is 1. The highest BCUT2D eigenvalue weighted by Crippen LogP contribution is 2.39. The van der Waals surface area contributed by atoms with E-state index < -0.39 is 0 Å². The van der Waals surface area contributed by atoms with E-state index in [1.165, 1.54) is 12.8 Å². The van der Waals surface area contributed by atoms with Gasteiger partial charge in [0.05, 0.1) is 6.04 Å². The van der Waals surface area contributed by atoms with Crippen LogP contribution in [-0.4, -0.2) is 16.4 Å². The molecule has 25 heavy (non-hydrogen) atoms. The molecule has 0 spiro atoms. The predicted molar refractivity (Wildman–Crippen MR) is 95.7 cm³/mol. The Morgan fingerprint density at radius 3 is 2.76 bits per heavy atom. The lowest BCUT2D eigenvalue weighted by molar-refractivity contribution is 0.112. The third-order valence-electron chi connectivity index (χ3n) is 5.85. The molecule has 0 bridgehead atoms. The highest BCUT2D eigenvalue weighted by Gasteiger charge is 2.30. The standard InChI is InChI=1S/C20H25N3O2/c1-12(2)14-4-6-15(7-5-14)20-22-19(23-25-20)18-10-16-9-13(11-24)3-8-17(16)21-18/h3,8-9,11-12,14-15,18,21H,4-7,10H2,1-2H3. The number of hydrogen-bond acceptors (Lipinski definition) is 5. The Morgan fingerprint density at radius 2 is 2.04 bits per heavy atom. The minimum absolute atomic E-state index is 0.0291. The van der Waals surface area contributed by atoms with Crippen LogP contribution in [-0.2, 0) is 6.42 Å². The molecule has 132 valence electrons. The molecule has 1 N–H and O–H groups in total. The van der Waals surface area contributed by atoms with E-state index in [1.807, 2.05) is 18.2 Å². The molecule has 1 aromatic carbocycles. The van der Waals surface area contributed by atoms with Gasteiger partial charge in [-0.25, -0.2) is 0 Å². The average Bonchev–Trinajstić information content (AvgIpc) is 3.27. The van der Waals surface area contributed by atoms with Gasteiger partial charge in [-0.05, 0) is 61.3 Å². The summed E-state index contributed by atoms with van der Waals surface area (Å²) in [6, 6.07) is 5.74. The van der Waals surface area contributed by atoms with Crippen molar-refractivity contribution in [2.75, 3.05) is 5.32 Å². The van der Waals surface area contributed by atoms with Gasteiger partial charge in [0.15, 0.2) is 5.82 Å². The minimum atomic E-state index is 0.0291. The van der Waals surface area contributed by atoms with Gasteiger partial charge in [-0.3, -0.25) is 4.79 Å². The van der Waals surface area contributed by atoms with E-state index in [2.05, 4.69) is 24.3 Å². The SMILES string of the molecule is CC(C)C1CCC(c2nc(C3Cc4cc(C=O)ccc4N3)no2)CC1. The fraction of sp³-hybridized carbons (Fsp3) is 0.550. The molecule has 0 amide bonds. The summed E-state index contributed by atoms with van der Waals surface area (Å²) in [6.45, 7) is 4.63. The molecule has 1 atom stereocenters. The smallest absolute Gasteiger partial charge is 0.229 e. The van der Waals surface area contributed by atoms with Crippen molar-refractivity contribution in [1.29, 1.82) is 0 Å². The molecule has 0 saturated heterocycles. The Labute approximate surface area is 148 Å². The summed E-state index contributed by atoms with van der Waals surface area (Å²) in [5, 5.41) is 7.67. The van der Waals surface area contributed by atoms with Crippen molar-refractivity contribution in [3.8, 4) is 0 Å². The fourth-order valence-electron chi connectivity index (χ4n) is 4.20. The van der Waals surface area contributed by atoms with E-state index in [9.17, 15) is 4.79 Å². The summed E-state index contributed by atoms with van der Waals surface area (Å²) in [7, 11) is 0. The molecule has 1 aliphatic heterocycles. The normalized spacial score (nSPS) is 25.6. The number of carbonyl (C=O) groups is 1. The highest BCUT2D eigenvalue weighted by molar-refractivity contribution is 5.77. The zero-order chi connectivity index (χ0) is 17.4. The van der Waals surface area contributed by atoms with Gasteiger partial charge >= 0.3 is 0 Å². The first-order valence-electron chi connectivity index (χ1n) is 9.32. The van der Waals surface area contributed by atoms with Crippen LogP contribution in [0.3, 0.4) is 0 Å². The van der Waals surface area contributed by atoms with E-state index in [-0.39, 0.29) is 6.04 Å². The maximum Gasteiger partial charge on any atom is 0.229 e. The number of rotatable bonds is 4. The Bertz CT molecular complexity index is 760. The molecule has 2 aromatic rings. The lowest BCUT2D eigenvalue weighted by Gasteiger charge is -2.28. The van der Waals surface area contributed by atoms with Crippen LogP contribution >= 0.6 is 0 Å². The third kappa shape index (κ3) is 3.20. The van der Waals surface area contributed by atoms with Crippen LogP contribution in [0.1, 0.15) is 79.1 Å². The molecule has 1 aromatic heterocycles. The fourth-order valence-corrected chi connectivity index (χ4v) is 4.20. The van der Waals surface area contributed by atoms with E-state index in [0.717, 1.165) is 60.4 Å². The summed E-state index contributed by atoms with van der Waals surface area (Å²) in [6.07, 6.45) is 6.46. The van der Waals surface area contributed by atoms with Crippen molar-refractivity contribution in [2.45, 2.75) is 57.9 Å². The van der Waals surface area contributed by atoms with Crippen LogP contribution in [0.4, 0.5) is 5.69 Å². The molecule has 1 fully saturated rings. The topological polar surface area (TPSA) is 68.0 Å². The van der Waals surface area contributed by atoms with Crippen LogP contribution in [0, 0.1) is 11.8 Å². The van der Waals surface area contributed by atoms with Crippen molar-refractivity contribution < 1.29 is 9.32 Å². The second-order valence-electron chi connectivity index (χ2n) is 7.78. The summed E-state index contributed by atoms with van der Waals surface area (Å²) >= 11 is 0. The quantitative estimate of drug-likeness (QED) is 0.829. The third-order valence-corrected chi connectivity index (χ3v) is 5.85. The van der Waals surface area contributed by atoms with Crippen LogP contribution in [0.5, 0.6) is 0 Å². The summed E-state index contributed by atoms with van der Waals surface area (Å²) in [4.78, 5) is 15.6. The molecule has 5 nitrogen and oxygen atoms in total. The van der Waals surface area contributed by atoms with Crippen molar-refractivity contribution in [3.05, 3.63) is 41.0 Å². The first-order chi connectivity index (χ1) is 12.1. The summed E-state index contributed by atoms with van der Waals surface area (Å²) < 4.78 is 5.60. The second-order valence-corrected chi connectivity index (χ2v) is 7.78. The molecule has 2 aliphatic rings. The van der Waals surface area contributed by atoms with E-state index in [0.29, 0.717) is 11.5 Å². The Kier molecular flexibility index (Phi) is 4.32. The largest absolute Gasteiger partial charge is 0.374 e. The number of benzene rings is 1. The molecular weight excluding hydrogens is 314 g/mol. The molecule has 1 unspecified atom stereocenters. The van der Waals surface area contributed by atoms with Gasteiger partial charge in [-0.1, -0.05) is 19.0 Å². The van der Waals surface area contributed by atoms with Gasteiger partial charge < -0.3 is 9.84 Å². The number of aldehydes is 1.